The number of aldehydes is 1. The van der Waals surface area contributed by atoms with Gasteiger partial charge in [-0.25, -0.2) is 4.79 Å². The zero-order valence-electron chi connectivity index (χ0n) is 13.5. The van der Waals surface area contributed by atoms with E-state index in [0.717, 1.165) is 5.56 Å². The first kappa shape index (κ1) is 17.7. The van der Waals surface area contributed by atoms with E-state index in [1.54, 1.807) is 19.1 Å². The summed E-state index contributed by atoms with van der Waals surface area (Å²) in [5.74, 6) is -1.13. The van der Waals surface area contributed by atoms with Crippen LogP contribution in [0.2, 0.25) is 0 Å². The average molecular weight is 351 g/mol. The molecular formula is C16H17NO6S. The summed E-state index contributed by atoms with van der Waals surface area (Å²) >= 11 is 0. The van der Waals surface area contributed by atoms with Gasteiger partial charge in [-0.15, -0.1) is 0 Å². The number of hydrogen-bond acceptors (Lipinski definition) is 6. The van der Waals surface area contributed by atoms with Crippen LogP contribution in [-0.4, -0.2) is 32.3 Å². The summed E-state index contributed by atoms with van der Waals surface area (Å²) in [6, 6.07) is 6.00. The number of H-pyrrole nitrogens is 1. The van der Waals surface area contributed by atoms with E-state index < -0.39 is 16.1 Å². The number of carbonyl (C=O) groups is 2. The molecule has 2 aromatic rings. The van der Waals surface area contributed by atoms with Crippen LogP contribution in [0.1, 0.15) is 39.0 Å². The number of aryl methyl sites for hydroxylation is 2. The Hall–Kier alpha value is -2.61. The molecule has 1 N–H and O–H groups in total. The maximum Gasteiger partial charge on any atom is 0.343 e. The minimum Gasteiger partial charge on any atom is -0.462 e. The molecule has 0 unspecified atom stereocenters. The number of benzene rings is 1. The number of nitrogens with one attached hydrogen (secondary N) is 1. The molecule has 0 atom stereocenters. The Bertz CT molecular complexity index is 865. The Morgan fingerprint density at radius 1 is 1.21 bits per heavy atom. The van der Waals surface area contributed by atoms with Crippen molar-refractivity contribution in [1.29, 1.82) is 0 Å². The van der Waals surface area contributed by atoms with E-state index in [0.29, 0.717) is 6.29 Å². The second-order valence-electron chi connectivity index (χ2n) is 5.06. The molecule has 0 bridgehead atoms. The average Bonchev–Trinajstić information content (AvgIpc) is 2.83. The Morgan fingerprint density at radius 3 is 2.38 bits per heavy atom. The quantitative estimate of drug-likeness (QED) is 0.487. The first-order valence-electron chi connectivity index (χ1n) is 7.16. The molecule has 0 amide bonds. The van der Waals surface area contributed by atoms with Gasteiger partial charge in [0.1, 0.15) is 16.2 Å². The molecule has 7 nitrogen and oxygen atoms in total. The molecule has 8 heteroatoms. The minimum absolute atomic E-state index is 0.0846. The lowest BCUT2D eigenvalue weighted by Gasteiger charge is -2.09. The third-order valence-corrected chi connectivity index (χ3v) is 4.50. The van der Waals surface area contributed by atoms with E-state index in [1.807, 2.05) is 6.92 Å². The normalized spacial score (nSPS) is 11.1. The first-order chi connectivity index (χ1) is 11.3. The van der Waals surface area contributed by atoms with Crippen LogP contribution in [0.3, 0.4) is 0 Å². The fraction of sp³-hybridized carbons (Fsp3) is 0.250. The van der Waals surface area contributed by atoms with E-state index in [4.69, 9.17) is 8.92 Å². The molecule has 0 aliphatic carbocycles. The van der Waals surface area contributed by atoms with E-state index in [2.05, 4.69) is 4.98 Å². The number of carbonyl (C=O) groups excluding carboxylic acids is 2. The lowest BCUT2D eigenvalue weighted by molar-refractivity contribution is 0.0524. The molecule has 0 fully saturated rings. The molecule has 2 rings (SSSR count). The number of ether oxygens (including phenoxy) is 1. The van der Waals surface area contributed by atoms with Gasteiger partial charge in [0.2, 0.25) is 0 Å². The number of rotatable bonds is 6. The summed E-state index contributed by atoms with van der Waals surface area (Å²) in [6.45, 7) is 5.05. The molecule has 24 heavy (non-hydrogen) atoms. The summed E-state index contributed by atoms with van der Waals surface area (Å²) in [7, 11) is -4.21. The van der Waals surface area contributed by atoms with Crippen LogP contribution in [0.4, 0.5) is 0 Å². The monoisotopic (exact) mass is 351 g/mol. The van der Waals surface area contributed by atoms with Gasteiger partial charge in [-0.2, -0.15) is 8.42 Å². The van der Waals surface area contributed by atoms with E-state index in [1.165, 1.54) is 19.1 Å². The smallest absolute Gasteiger partial charge is 0.343 e. The molecule has 1 heterocycles. The molecule has 0 radical (unpaired) electrons. The standard InChI is InChI=1S/C16H17NO6S/c1-4-22-16(19)14-11(3)17-13(9-18)15(14)23-24(20,21)12-7-5-10(2)6-8-12/h5-9,17H,4H2,1-3H3. The van der Waals surface area contributed by atoms with Gasteiger partial charge >= 0.3 is 16.1 Å². The molecule has 128 valence electrons. The van der Waals surface area contributed by atoms with Gasteiger partial charge in [0.25, 0.3) is 0 Å². The molecule has 1 aromatic carbocycles. The van der Waals surface area contributed by atoms with Crippen LogP contribution in [0.15, 0.2) is 29.2 Å². The summed E-state index contributed by atoms with van der Waals surface area (Å²) in [6.07, 6.45) is 0.385. The van der Waals surface area contributed by atoms with Gasteiger partial charge < -0.3 is 13.9 Å². The van der Waals surface area contributed by atoms with Crippen molar-refractivity contribution in [3.05, 3.63) is 46.8 Å². The summed E-state index contributed by atoms with van der Waals surface area (Å²) in [4.78, 5) is 25.8. The van der Waals surface area contributed by atoms with Crippen molar-refractivity contribution >= 4 is 22.4 Å². The topological polar surface area (TPSA) is 103 Å². The van der Waals surface area contributed by atoms with Crippen LogP contribution >= 0.6 is 0 Å². The molecule has 0 saturated carbocycles. The van der Waals surface area contributed by atoms with Crippen molar-refractivity contribution in [3.8, 4) is 5.75 Å². The van der Waals surface area contributed by atoms with E-state index >= 15 is 0 Å². The highest BCUT2D eigenvalue weighted by Gasteiger charge is 2.28. The second-order valence-corrected chi connectivity index (χ2v) is 6.60. The summed E-state index contributed by atoms with van der Waals surface area (Å²) in [5.41, 5.74) is 0.901. The minimum atomic E-state index is -4.21. The van der Waals surface area contributed by atoms with Crippen molar-refractivity contribution in [2.24, 2.45) is 0 Å². The van der Waals surface area contributed by atoms with Gasteiger partial charge in [0.05, 0.1) is 6.61 Å². The fourth-order valence-electron chi connectivity index (χ4n) is 2.11. The molecule has 0 saturated heterocycles. The van der Waals surface area contributed by atoms with Crippen LogP contribution in [-0.2, 0) is 14.9 Å². The summed E-state index contributed by atoms with van der Waals surface area (Å²) in [5, 5.41) is 0. The van der Waals surface area contributed by atoms with Gasteiger partial charge in [-0.3, -0.25) is 4.79 Å². The van der Waals surface area contributed by atoms with Crippen LogP contribution in [0.25, 0.3) is 0 Å². The fourth-order valence-corrected chi connectivity index (χ4v) is 3.07. The van der Waals surface area contributed by atoms with Crippen LogP contribution in [0.5, 0.6) is 5.75 Å². The number of aromatic nitrogens is 1. The zero-order valence-corrected chi connectivity index (χ0v) is 14.3. The van der Waals surface area contributed by atoms with Gasteiger partial charge in [0, 0.05) is 5.69 Å². The predicted octanol–water partition coefficient (Wildman–Crippen LogP) is 2.39. The Labute approximate surface area is 139 Å². The van der Waals surface area contributed by atoms with Crippen molar-refractivity contribution < 1.29 is 26.9 Å². The van der Waals surface area contributed by atoms with E-state index in [9.17, 15) is 18.0 Å². The largest absolute Gasteiger partial charge is 0.462 e. The number of esters is 1. The van der Waals surface area contributed by atoms with Crippen LogP contribution < -0.4 is 4.18 Å². The molecular weight excluding hydrogens is 334 g/mol. The highest BCUT2D eigenvalue weighted by Crippen LogP contribution is 2.30. The Morgan fingerprint density at radius 2 is 1.83 bits per heavy atom. The molecule has 0 aliphatic rings. The predicted molar refractivity (Wildman–Crippen MR) is 85.9 cm³/mol. The SMILES string of the molecule is CCOC(=O)c1c(C)[nH]c(C=O)c1OS(=O)(=O)c1ccc(C)cc1. The second kappa shape index (κ2) is 6.88. The maximum atomic E-state index is 12.4. The van der Waals surface area contributed by atoms with Crippen molar-refractivity contribution in [2.45, 2.75) is 25.7 Å². The Balaban J connectivity index is 2.50. The maximum absolute atomic E-state index is 12.4. The lowest BCUT2D eigenvalue weighted by Crippen LogP contribution is -2.14. The van der Waals surface area contributed by atoms with Crippen LogP contribution in [0, 0.1) is 13.8 Å². The molecule has 1 aromatic heterocycles. The van der Waals surface area contributed by atoms with Gasteiger partial charge in [0.15, 0.2) is 12.0 Å². The highest BCUT2D eigenvalue weighted by molar-refractivity contribution is 7.87. The molecule has 0 aliphatic heterocycles. The number of aromatic amines is 1. The van der Waals surface area contributed by atoms with Gasteiger partial charge in [-0.05, 0) is 32.9 Å². The van der Waals surface area contributed by atoms with Crippen molar-refractivity contribution in [2.75, 3.05) is 6.61 Å². The summed E-state index contributed by atoms with van der Waals surface area (Å²) < 4.78 is 34.8. The lowest BCUT2D eigenvalue weighted by atomic mass is 10.2. The molecule has 0 spiro atoms. The number of hydrogen-bond donors (Lipinski definition) is 1. The Kier molecular flexibility index (Phi) is 5.08. The third-order valence-electron chi connectivity index (χ3n) is 3.27. The first-order valence-corrected chi connectivity index (χ1v) is 8.57. The third kappa shape index (κ3) is 3.48. The van der Waals surface area contributed by atoms with Crippen molar-refractivity contribution in [1.82, 2.24) is 4.98 Å². The van der Waals surface area contributed by atoms with Gasteiger partial charge in [-0.1, -0.05) is 17.7 Å². The highest BCUT2D eigenvalue weighted by atomic mass is 32.2. The zero-order chi connectivity index (χ0) is 17.9. The van der Waals surface area contributed by atoms with E-state index in [-0.39, 0.29) is 34.2 Å². The van der Waals surface area contributed by atoms with Crippen molar-refractivity contribution in [3.63, 3.8) is 0 Å².